The molecule has 0 bridgehead atoms. The maximum Gasteiger partial charge on any atom is 0.127 e. The van der Waals surface area contributed by atoms with Gasteiger partial charge < -0.3 is 9.84 Å². The molecule has 1 aliphatic carbocycles. The maximum atomic E-state index is 9.54. The summed E-state index contributed by atoms with van der Waals surface area (Å²) >= 11 is 0. The van der Waals surface area contributed by atoms with Gasteiger partial charge in [-0.15, -0.1) is 0 Å². The third-order valence-corrected chi connectivity index (χ3v) is 5.21. The van der Waals surface area contributed by atoms with Crippen molar-refractivity contribution in [3.63, 3.8) is 0 Å². The summed E-state index contributed by atoms with van der Waals surface area (Å²) in [6, 6.07) is 6.75. The zero-order chi connectivity index (χ0) is 12.8. The molecular weight excluding hydrogens is 238 g/mol. The number of likely N-dealkylation sites (tertiary alicyclic amines) is 1. The summed E-state index contributed by atoms with van der Waals surface area (Å²) in [6.45, 7) is 1.96. The van der Waals surface area contributed by atoms with E-state index in [1.807, 2.05) is 6.07 Å². The Labute approximate surface area is 114 Å². The maximum absolute atomic E-state index is 9.54. The number of ether oxygens (including phenoxy) is 1. The number of aromatic hydroxyl groups is 1. The molecular formula is C16H21NO2. The number of rotatable bonds is 1. The van der Waals surface area contributed by atoms with Gasteiger partial charge in [-0.2, -0.15) is 0 Å². The molecule has 2 aliphatic heterocycles. The van der Waals surface area contributed by atoms with Gasteiger partial charge in [0.05, 0.1) is 6.04 Å². The molecule has 3 atom stereocenters. The Morgan fingerprint density at radius 3 is 3.00 bits per heavy atom. The van der Waals surface area contributed by atoms with Crippen molar-refractivity contribution in [2.75, 3.05) is 13.2 Å². The molecule has 1 aromatic carbocycles. The molecule has 3 unspecified atom stereocenters. The lowest BCUT2D eigenvalue weighted by molar-refractivity contribution is 0.114. The van der Waals surface area contributed by atoms with Crippen molar-refractivity contribution in [1.29, 1.82) is 0 Å². The quantitative estimate of drug-likeness (QED) is 0.841. The fraction of sp³-hybridized carbons (Fsp3) is 0.625. The van der Waals surface area contributed by atoms with Crippen LogP contribution in [0, 0.1) is 5.92 Å². The molecule has 1 saturated heterocycles. The first-order valence-electron chi connectivity index (χ1n) is 7.54. The van der Waals surface area contributed by atoms with E-state index < -0.39 is 0 Å². The van der Waals surface area contributed by atoms with Gasteiger partial charge in [-0.1, -0.05) is 12.8 Å². The van der Waals surface area contributed by atoms with E-state index in [-0.39, 0.29) is 0 Å². The molecule has 2 heterocycles. The van der Waals surface area contributed by atoms with Gasteiger partial charge in [0.2, 0.25) is 0 Å². The molecule has 1 aromatic rings. The van der Waals surface area contributed by atoms with Crippen LogP contribution in [0.1, 0.15) is 43.7 Å². The highest BCUT2D eigenvalue weighted by molar-refractivity contribution is 5.44. The molecule has 19 heavy (non-hydrogen) atoms. The van der Waals surface area contributed by atoms with Crippen molar-refractivity contribution in [1.82, 2.24) is 4.90 Å². The minimum atomic E-state index is 0.302. The largest absolute Gasteiger partial charge is 0.508 e. The van der Waals surface area contributed by atoms with Gasteiger partial charge in [-0.3, -0.25) is 4.90 Å². The summed E-state index contributed by atoms with van der Waals surface area (Å²) in [4.78, 5) is 2.67. The molecule has 1 N–H and O–H groups in total. The molecule has 2 fully saturated rings. The SMILES string of the molecule is Oc1ccc2c(c1)OCC2N1CCC2CCCCC21. The second-order valence-corrected chi connectivity index (χ2v) is 6.19. The van der Waals surface area contributed by atoms with E-state index >= 15 is 0 Å². The normalized spacial score (nSPS) is 33.8. The minimum Gasteiger partial charge on any atom is -0.508 e. The Balaban J connectivity index is 1.61. The Hall–Kier alpha value is -1.22. The average molecular weight is 259 g/mol. The summed E-state index contributed by atoms with van der Waals surface area (Å²) in [7, 11) is 0. The van der Waals surface area contributed by atoms with Crippen LogP contribution >= 0.6 is 0 Å². The summed E-state index contributed by atoms with van der Waals surface area (Å²) in [6.07, 6.45) is 6.93. The van der Waals surface area contributed by atoms with Crippen LogP contribution in [0.5, 0.6) is 11.5 Å². The number of hydrogen-bond donors (Lipinski definition) is 1. The van der Waals surface area contributed by atoms with Gasteiger partial charge in [0.25, 0.3) is 0 Å². The lowest BCUT2D eigenvalue weighted by Gasteiger charge is -2.35. The van der Waals surface area contributed by atoms with Gasteiger partial charge >= 0.3 is 0 Å². The molecule has 0 radical (unpaired) electrons. The van der Waals surface area contributed by atoms with Gasteiger partial charge in [0.15, 0.2) is 0 Å². The number of phenolic OH excluding ortho intramolecular Hbond substituents is 1. The molecule has 102 valence electrons. The molecule has 3 heteroatoms. The fourth-order valence-electron chi connectivity index (χ4n) is 4.29. The van der Waals surface area contributed by atoms with E-state index in [0.717, 1.165) is 24.3 Å². The van der Waals surface area contributed by atoms with E-state index in [1.165, 1.54) is 44.2 Å². The van der Waals surface area contributed by atoms with Gasteiger partial charge in [0, 0.05) is 17.7 Å². The van der Waals surface area contributed by atoms with Crippen molar-refractivity contribution >= 4 is 0 Å². The fourth-order valence-corrected chi connectivity index (χ4v) is 4.29. The van der Waals surface area contributed by atoms with Crippen molar-refractivity contribution in [2.45, 2.75) is 44.2 Å². The minimum absolute atomic E-state index is 0.302. The van der Waals surface area contributed by atoms with E-state index in [4.69, 9.17) is 4.74 Å². The van der Waals surface area contributed by atoms with Crippen LogP contribution in [0.3, 0.4) is 0 Å². The standard InChI is InChI=1S/C16H21NO2/c18-12-5-6-13-15(10-19-16(13)9-12)17-8-7-11-3-1-2-4-14(11)17/h5-6,9,11,14-15,18H,1-4,7-8,10H2. The molecule has 0 spiro atoms. The van der Waals surface area contributed by atoms with Gasteiger partial charge in [0.1, 0.15) is 18.1 Å². The lowest BCUT2D eigenvalue weighted by atomic mass is 9.85. The number of phenols is 1. The third-order valence-electron chi connectivity index (χ3n) is 5.21. The zero-order valence-electron chi connectivity index (χ0n) is 11.2. The first-order chi connectivity index (χ1) is 9.33. The Morgan fingerprint density at radius 1 is 1.16 bits per heavy atom. The Morgan fingerprint density at radius 2 is 2.05 bits per heavy atom. The van der Waals surface area contributed by atoms with Crippen LogP contribution in [0.25, 0.3) is 0 Å². The van der Waals surface area contributed by atoms with Crippen molar-refractivity contribution in [3.8, 4) is 11.5 Å². The molecule has 1 saturated carbocycles. The number of benzene rings is 1. The zero-order valence-corrected chi connectivity index (χ0v) is 11.2. The molecule has 4 rings (SSSR count). The van der Waals surface area contributed by atoms with Crippen molar-refractivity contribution < 1.29 is 9.84 Å². The smallest absolute Gasteiger partial charge is 0.127 e. The average Bonchev–Trinajstić information content (AvgIpc) is 3.01. The number of hydrogen-bond acceptors (Lipinski definition) is 3. The second kappa shape index (κ2) is 4.41. The Bertz CT molecular complexity index is 488. The predicted molar refractivity (Wildman–Crippen MR) is 73.4 cm³/mol. The van der Waals surface area contributed by atoms with Crippen LogP contribution in [0.2, 0.25) is 0 Å². The number of nitrogens with zero attached hydrogens (tertiary/aromatic N) is 1. The first-order valence-corrected chi connectivity index (χ1v) is 7.54. The summed E-state index contributed by atoms with van der Waals surface area (Å²) in [5.41, 5.74) is 1.27. The van der Waals surface area contributed by atoms with E-state index in [1.54, 1.807) is 12.1 Å². The van der Waals surface area contributed by atoms with Crippen LogP contribution in [-0.4, -0.2) is 29.2 Å². The highest BCUT2D eigenvalue weighted by atomic mass is 16.5. The highest BCUT2D eigenvalue weighted by Gasteiger charge is 2.42. The van der Waals surface area contributed by atoms with Gasteiger partial charge in [-0.05, 0) is 43.9 Å². The topological polar surface area (TPSA) is 32.7 Å². The van der Waals surface area contributed by atoms with Crippen molar-refractivity contribution in [3.05, 3.63) is 23.8 Å². The van der Waals surface area contributed by atoms with Crippen LogP contribution in [0.4, 0.5) is 0 Å². The van der Waals surface area contributed by atoms with Gasteiger partial charge in [-0.25, -0.2) is 0 Å². The Kier molecular flexibility index (Phi) is 2.69. The molecule has 0 aromatic heterocycles. The van der Waals surface area contributed by atoms with Crippen LogP contribution in [0.15, 0.2) is 18.2 Å². The number of fused-ring (bicyclic) bond motifs is 2. The lowest BCUT2D eigenvalue weighted by Crippen LogP contribution is -2.38. The third kappa shape index (κ3) is 1.83. The van der Waals surface area contributed by atoms with Crippen LogP contribution in [-0.2, 0) is 0 Å². The summed E-state index contributed by atoms with van der Waals surface area (Å²) in [5.74, 6) is 2.09. The van der Waals surface area contributed by atoms with Crippen molar-refractivity contribution in [2.24, 2.45) is 5.92 Å². The van der Waals surface area contributed by atoms with Crippen LogP contribution < -0.4 is 4.74 Å². The van der Waals surface area contributed by atoms with E-state index in [0.29, 0.717) is 11.8 Å². The monoisotopic (exact) mass is 259 g/mol. The predicted octanol–water partition coefficient (Wildman–Crippen LogP) is 3.09. The first kappa shape index (κ1) is 11.6. The summed E-state index contributed by atoms with van der Waals surface area (Å²) < 4.78 is 5.78. The molecule has 3 aliphatic rings. The van der Waals surface area contributed by atoms with E-state index in [9.17, 15) is 5.11 Å². The molecule has 0 amide bonds. The molecule has 3 nitrogen and oxygen atoms in total. The summed E-state index contributed by atoms with van der Waals surface area (Å²) in [5, 5.41) is 9.54. The highest BCUT2D eigenvalue weighted by Crippen LogP contribution is 2.45. The van der Waals surface area contributed by atoms with E-state index in [2.05, 4.69) is 4.90 Å². The second-order valence-electron chi connectivity index (χ2n) is 6.19.